The topological polar surface area (TPSA) is 39.3 Å². The lowest BCUT2D eigenvalue weighted by Crippen LogP contribution is -2.31. The molecule has 1 saturated heterocycles. The summed E-state index contributed by atoms with van der Waals surface area (Å²) in [7, 11) is 0. The molecule has 3 heteroatoms. The molecule has 1 fully saturated rings. The minimum atomic E-state index is 0.391. The molecule has 96 valence electrons. The van der Waals surface area contributed by atoms with Crippen molar-refractivity contribution in [1.82, 2.24) is 9.88 Å². The van der Waals surface area contributed by atoms with Gasteiger partial charge in [-0.3, -0.25) is 0 Å². The fourth-order valence-corrected chi connectivity index (χ4v) is 2.89. The second-order valence-electron chi connectivity index (χ2n) is 5.17. The maximum Gasteiger partial charge on any atom is 0.125 e. The summed E-state index contributed by atoms with van der Waals surface area (Å²) in [4.78, 5) is 5.77. The van der Waals surface area contributed by atoms with Crippen molar-refractivity contribution in [3.05, 3.63) is 30.0 Å². The number of nitrogens with zero attached hydrogens (tertiary/aromatic N) is 1. The molecule has 2 N–H and O–H groups in total. The highest BCUT2D eigenvalue weighted by molar-refractivity contribution is 5.88. The lowest BCUT2D eigenvalue weighted by atomic mass is 10.1. The van der Waals surface area contributed by atoms with Crippen LogP contribution in [-0.2, 0) is 6.42 Å². The van der Waals surface area contributed by atoms with Crippen LogP contribution in [0.5, 0.6) is 5.75 Å². The van der Waals surface area contributed by atoms with Crippen LogP contribution in [0.2, 0.25) is 0 Å². The van der Waals surface area contributed by atoms with Gasteiger partial charge < -0.3 is 15.0 Å². The Labute approximate surface area is 107 Å². The van der Waals surface area contributed by atoms with E-state index in [0.717, 1.165) is 23.9 Å². The first-order valence-electron chi connectivity index (χ1n) is 6.85. The molecule has 0 bridgehead atoms. The second-order valence-corrected chi connectivity index (χ2v) is 5.17. The van der Waals surface area contributed by atoms with Crippen LogP contribution in [0.25, 0.3) is 10.9 Å². The van der Waals surface area contributed by atoms with Gasteiger partial charge in [-0.1, -0.05) is 12.5 Å². The van der Waals surface area contributed by atoms with E-state index in [2.05, 4.69) is 9.88 Å². The average Bonchev–Trinajstić information content (AvgIpc) is 2.82. The summed E-state index contributed by atoms with van der Waals surface area (Å²) >= 11 is 0. The quantitative estimate of drug-likeness (QED) is 0.871. The summed E-state index contributed by atoms with van der Waals surface area (Å²) in [6.07, 6.45) is 7.09. The molecule has 0 amide bonds. The molecule has 1 aromatic heterocycles. The number of aromatic nitrogens is 1. The van der Waals surface area contributed by atoms with Crippen LogP contribution in [0.4, 0.5) is 0 Å². The van der Waals surface area contributed by atoms with E-state index in [9.17, 15) is 5.11 Å². The zero-order valence-electron chi connectivity index (χ0n) is 10.7. The number of hydrogen-bond acceptors (Lipinski definition) is 2. The molecule has 3 nitrogen and oxygen atoms in total. The Morgan fingerprint density at radius 3 is 2.83 bits per heavy atom. The van der Waals surface area contributed by atoms with Gasteiger partial charge in [0.1, 0.15) is 5.75 Å². The van der Waals surface area contributed by atoms with Gasteiger partial charge in [0, 0.05) is 23.6 Å². The van der Waals surface area contributed by atoms with Crippen LogP contribution in [0.3, 0.4) is 0 Å². The molecule has 0 unspecified atom stereocenters. The smallest absolute Gasteiger partial charge is 0.125 e. The fourth-order valence-electron chi connectivity index (χ4n) is 2.89. The Morgan fingerprint density at radius 1 is 1.17 bits per heavy atom. The van der Waals surface area contributed by atoms with Gasteiger partial charge in [-0.15, -0.1) is 0 Å². The third-order valence-electron chi connectivity index (χ3n) is 3.91. The number of benzene rings is 1. The Hall–Kier alpha value is -1.48. The van der Waals surface area contributed by atoms with Gasteiger partial charge in [0.15, 0.2) is 0 Å². The zero-order valence-corrected chi connectivity index (χ0v) is 10.7. The predicted octanol–water partition coefficient (Wildman–Crippen LogP) is 2.90. The number of aromatic amines is 1. The van der Waals surface area contributed by atoms with Gasteiger partial charge in [0.05, 0.1) is 0 Å². The number of nitrogens with one attached hydrogen (secondary N) is 1. The largest absolute Gasteiger partial charge is 0.507 e. The van der Waals surface area contributed by atoms with Crippen molar-refractivity contribution < 1.29 is 5.11 Å². The van der Waals surface area contributed by atoms with Crippen molar-refractivity contribution in [2.75, 3.05) is 19.6 Å². The number of likely N-dealkylation sites (tertiary alicyclic amines) is 1. The van der Waals surface area contributed by atoms with Gasteiger partial charge in [-0.05, 0) is 50.0 Å². The first kappa shape index (κ1) is 11.6. The number of H-pyrrole nitrogens is 1. The molecule has 0 saturated carbocycles. The van der Waals surface area contributed by atoms with Crippen molar-refractivity contribution in [2.24, 2.45) is 0 Å². The third kappa shape index (κ3) is 2.23. The lowest BCUT2D eigenvalue weighted by Gasteiger charge is -2.26. The Kier molecular flexibility index (Phi) is 3.24. The first-order valence-corrected chi connectivity index (χ1v) is 6.85. The van der Waals surface area contributed by atoms with Gasteiger partial charge in [0.25, 0.3) is 0 Å². The summed E-state index contributed by atoms with van der Waals surface area (Å²) in [6, 6.07) is 5.66. The van der Waals surface area contributed by atoms with E-state index in [4.69, 9.17) is 0 Å². The van der Waals surface area contributed by atoms with E-state index in [1.165, 1.54) is 37.9 Å². The SMILES string of the molecule is Oc1cccc2[nH]cc(CCN3CCCCC3)c12. The van der Waals surface area contributed by atoms with Crippen LogP contribution < -0.4 is 0 Å². The van der Waals surface area contributed by atoms with E-state index in [1.807, 2.05) is 18.3 Å². The molecule has 18 heavy (non-hydrogen) atoms. The number of fused-ring (bicyclic) bond motifs is 1. The lowest BCUT2D eigenvalue weighted by molar-refractivity contribution is 0.231. The maximum absolute atomic E-state index is 9.94. The molecule has 0 spiro atoms. The highest BCUT2D eigenvalue weighted by Crippen LogP contribution is 2.28. The molecule has 0 aliphatic carbocycles. The van der Waals surface area contributed by atoms with E-state index < -0.39 is 0 Å². The van der Waals surface area contributed by atoms with Crippen LogP contribution in [0, 0.1) is 0 Å². The van der Waals surface area contributed by atoms with Crippen molar-refractivity contribution in [3.8, 4) is 5.75 Å². The number of piperidine rings is 1. The Balaban J connectivity index is 1.74. The van der Waals surface area contributed by atoms with Gasteiger partial charge in [-0.25, -0.2) is 0 Å². The Morgan fingerprint density at radius 2 is 2.00 bits per heavy atom. The molecular formula is C15H20N2O. The molecule has 0 atom stereocenters. The summed E-state index contributed by atoms with van der Waals surface area (Å²) in [5.41, 5.74) is 2.26. The minimum absolute atomic E-state index is 0.391. The molecule has 3 rings (SSSR count). The monoisotopic (exact) mass is 244 g/mol. The molecule has 1 aliphatic heterocycles. The summed E-state index contributed by atoms with van der Waals surface area (Å²) in [5.74, 6) is 0.391. The van der Waals surface area contributed by atoms with E-state index in [1.54, 1.807) is 6.07 Å². The van der Waals surface area contributed by atoms with E-state index >= 15 is 0 Å². The molecular weight excluding hydrogens is 224 g/mol. The molecule has 0 radical (unpaired) electrons. The van der Waals surface area contributed by atoms with Gasteiger partial charge in [0.2, 0.25) is 0 Å². The van der Waals surface area contributed by atoms with Crippen LogP contribution in [-0.4, -0.2) is 34.6 Å². The summed E-state index contributed by atoms with van der Waals surface area (Å²) < 4.78 is 0. The molecule has 2 aromatic rings. The molecule has 2 heterocycles. The zero-order chi connectivity index (χ0) is 12.4. The number of hydrogen-bond donors (Lipinski definition) is 2. The van der Waals surface area contributed by atoms with Gasteiger partial charge >= 0.3 is 0 Å². The standard InChI is InChI=1S/C15H20N2O/c18-14-6-4-5-13-15(14)12(11-16-13)7-10-17-8-2-1-3-9-17/h4-6,11,16,18H,1-3,7-10H2. The number of rotatable bonds is 3. The third-order valence-corrected chi connectivity index (χ3v) is 3.91. The summed E-state index contributed by atoms with van der Waals surface area (Å²) in [6.45, 7) is 3.56. The van der Waals surface area contributed by atoms with Gasteiger partial charge in [-0.2, -0.15) is 0 Å². The highest BCUT2D eigenvalue weighted by atomic mass is 16.3. The van der Waals surface area contributed by atoms with E-state index in [0.29, 0.717) is 5.75 Å². The van der Waals surface area contributed by atoms with Crippen LogP contribution in [0.1, 0.15) is 24.8 Å². The normalized spacial score (nSPS) is 17.3. The van der Waals surface area contributed by atoms with Crippen molar-refractivity contribution in [3.63, 3.8) is 0 Å². The van der Waals surface area contributed by atoms with Crippen molar-refractivity contribution in [2.45, 2.75) is 25.7 Å². The Bertz CT molecular complexity index is 526. The first-order chi connectivity index (χ1) is 8.84. The van der Waals surface area contributed by atoms with Crippen molar-refractivity contribution in [1.29, 1.82) is 0 Å². The average molecular weight is 244 g/mol. The number of phenolic OH excluding ortho intramolecular Hbond substituents is 1. The predicted molar refractivity (Wildman–Crippen MR) is 74.0 cm³/mol. The number of aromatic hydroxyl groups is 1. The molecule has 1 aromatic carbocycles. The fraction of sp³-hybridized carbons (Fsp3) is 0.467. The minimum Gasteiger partial charge on any atom is -0.507 e. The maximum atomic E-state index is 9.94. The van der Waals surface area contributed by atoms with Crippen molar-refractivity contribution >= 4 is 10.9 Å². The van der Waals surface area contributed by atoms with E-state index in [-0.39, 0.29) is 0 Å². The highest BCUT2D eigenvalue weighted by Gasteiger charge is 2.12. The summed E-state index contributed by atoms with van der Waals surface area (Å²) in [5, 5.41) is 10.9. The number of phenols is 1. The molecule has 1 aliphatic rings. The van der Waals surface area contributed by atoms with Crippen LogP contribution in [0.15, 0.2) is 24.4 Å². The second kappa shape index (κ2) is 5.02. The van der Waals surface area contributed by atoms with Crippen LogP contribution >= 0.6 is 0 Å².